The third-order valence-corrected chi connectivity index (χ3v) is 2.82. The van der Waals surface area contributed by atoms with Gasteiger partial charge >= 0.3 is 0 Å². The molecule has 5 heteroatoms. The van der Waals surface area contributed by atoms with Gasteiger partial charge in [0.1, 0.15) is 0 Å². The highest BCUT2D eigenvalue weighted by molar-refractivity contribution is 5.41. The number of aromatic nitrogens is 3. The summed E-state index contributed by atoms with van der Waals surface area (Å²) in [7, 11) is 0. The van der Waals surface area contributed by atoms with Crippen molar-refractivity contribution in [2.24, 2.45) is 5.73 Å². The van der Waals surface area contributed by atoms with E-state index in [-0.39, 0.29) is 12.1 Å². The topological polar surface area (TPSA) is 76.2 Å². The van der Waals surface area contributed by atoms with Crippen molar-refractivity contribution in [1.29, 1.82) is 0 Å². The van der Waals surface area contributed by atoms with E-state index in [0.717, 1.165) is 5.69 Å². The van der Waals surface area contributed by atoms with Crippen LogP contribution in [-0.4, -0.2) is 14.6 Å². The largest absolute Gasteiger partial charge is 0.326 e. The van der Waals surface area contributed by atoms with Gasteiger partial charge in [-0.1, -0.05) is 0 Å². The number of rotatable bonds is 2. The lowest BCUT2D eigenvalue weighted by Gasteiger charge is -1.96. The molecule has 0 spiro atoms. The Balaban J connectivity index is 2.25. The molecule has 2 heterocycles. The molecule has 0 saturated heterocycles. The van der Waals surface area contributed by atoms with Gasteiger partial charge in [0.15, 0.2) is 5.65 Å². The van der Waals surface area contributed by atoms with Gasteiger partial charge in [0.05, 0.1) is 5.56 Å². The number of H-pyrrole nitrogens is 1. The zero-order valence-electron chi connectivity index (χ0n) is 8.23. The average Bonchev–Trinajstić information content (AvgIpc) is 2.99. The molecule has 0 amide bonds. The Hall–Kier alpha value is -1.62. The van der Waals surface area contributed by atoms with Crippen molar-refractivity contribution in [3.63, 3.8) is 0 Å². The molecule has 2 aromatic heterocycles. The Bertz CT molecular complexity index is 564. The highest BCUT2D eigenvalue weighted by atomic mass is 16.1. The maximum absolute atomic E-state index is 11.8. The first-order valence-corrected chi connectivity index (χ1v) is 5.09. The molecule has 1 saturated carbocycles. The van der Waals surface area contributed by atoms with Gasteiger partial charge in [-0.2, -0.15) is 0 Å². The van der Waals surface area contributed by atoms with Crippen LogP contribution in [0.15, 0.2) is 17.1 Å². The number of hydrogen-bond acceptors (Lipinski definition) is 3. The number of nitrogens with zero attached hydrogens (tertiary/aromatic N) is 2. The van der Waals surface area contributed by atoms with Crippen molar-refractivity contribution in [3.05, 3.63) is 33.9 Å². The molecule has 0 aliphatic heterocycles. The van der Waals surface area contributed by atoms with Crippen molar-refractivity contribution < 1.29 is 0 Å². The normalized spacial score (nSPS) is 16.1. The molecule has 5 nitrogen and oxygen atoms in total. The van der Waals surface area contributed by atoms with E-state index in [9.17, 15) is 4.79 Å². The molecule has 0 unspecified atom stereocenters. The van der Waals surface area contributed by atoms with E-state index in [1.165, 1.54) is 17.4 Å². The highest BCUT2D eigenvalue weighted by Gasteiger charge is 2.25. The van der Waals surface area contributed by atoms with Crippen LogP contribution in [0.2, 0.25) is 0 Å². The monoisotopic (exact) mass is 204 g/mol. The summed E-state index contributed by atoms with van der Waals surface area (Å²) < 4.78 is 1.48. The van der Waals surface area contributed by atoms with Gasteiger partial charge in [0, 0.05) is 30.4 Å². The second kappa shape index (κ2) is 2.93. The molecule has 15 heavy (non-hydrogen) atoms. The van der Waals surface area contributed by atoms with E-state index in [2.05, 4.69) is 10.1 Å². The van der Waals surface area contributed by atoms with Gasteiger partial charge in [0.25, 0.3) is 5.56 Å². The van der Waals surface area contributed by atoms with E-state index in [4.69, 9.17) is 5.73 Å². The first-order chi connectivity index (χ1) is 7.29. The summed E-state index contributed by atoms with van der Waals surface area (Å²) in [6.45, 7) is 0.229. The Labute approximate surface area is 85.9 Å². The maximum Gasteiger partial charge on any atom is 0.277 e. The zero-order valence-corrected chi connectivity index (χ0v) is 8.23. The maximum atomic E-state index is 11.8. The lowest BCUT2D eigenvalue weighted by molar-refractivity contribution is 0.829. The molecule has 3 N–H and O–H groups in total. The second-order valence-corrected chi connectivity index (χ2v) is 3.97. The Kier molecular flexibility index (Phi) is 1.70. The molecule has 2 aromatic rings. The smallest absolute Gasteiger partial charge is 0.277 e. The lowest BCUT2D eigenvalue weighted by atomic mass is 10.3. The Morgan fingerprint density at radius 2 is 2.40 bits per heavy atom. The molecule has 1 fully saturated rings. The zero-order chi connectivity index (χ0) is 10.4. The summed E-state index contributed by atoms with van der Waals surface area (Å²) in [6.07, 6.45) is 3.96. The summed E-state index contributed by atoms with van der Waals surface area (Å²) in [5.41, 5.74) is 7.69. The van der Waals surface area contributed by atoms with E-state index >= 15 is 0 Å². The van der Waals surface area contributed by atoms with E-state index < -0.39 is 0 Å². The van der Waals surface area contributed by atoms with Crippen molar-refractivity contribution >= 4 is 5.65 Å². The summed E-state index contributed by atoms with van der Waals surface area (Å²) in [5, 5.41) is 3.09. The van der Waals surface area contributed by atoms with Crippen LogP contribution in [0, 0.1) is 0 Å². The summed E-state index contributed by atoms with van der Waals surface area (Å²) in [5.74, 6) is 0.590. The molecule has 1 aliphatic carbocycles. The first-order valence-electron chi connectivity index (χ1n) is 5.09. The SMILES string of the molecule is NCc1cnc2cc(C3CC3)[nH]n2c1=O. The van der Waals surface area contributed by atoms with Crippen LogP contribution >= 0.6 is 0 Å². The Morgan fingerprint density at radius 1 is 1.60 bits per heavy atom. The van der Waals surface area contributed by atoms with Crippen LogP contribution in [-0.2, 0) is 6.54 Å². The quantitative estimate of drug-likeness (QED) is 0.741. The minimum Gasteiger partial charge on any atom is -0.326 e. The number of nitrogens with two attached hydrogens (primary N) is 1. The molecule has 1 aliphatic rings. The second-order valence-electron chi connectivity index (χ2n) is 3.97. The van der Waals surface area contributed by atoms with Gasteiger partial charge in [0.2, 0.25) is 0 Å². The molecule has 0 radical (unpaired) electrons. The molecule has 78 valence electrons. The minimum atomic E-state index is -0.0885. The predicted molar refractivity (Wildman–Crippen MR) is 55.7 cm³/mol. The molecule has 0 bridgehead atoms. The van der Waals surface area contributed by atoms with E-state index in [0.29, 0.717) is 17.1 Å². The fourth-order valence-electron chi connectivity index (χ4n) is 1.76. The van der Waals surface area contributed by atoms with Crippen LogP contribution in [0.3, 0.4) is 0 Å². The highest BCUT2D eigenvalue weighted by Crippen LogP contribution is 2.39. The summed E-state index contributed by atoms with van der Waals surface area (Å²) in [4.78, 5) is 16.0. The molecular weight excluding hydrogens is 192 g/mol. The summed E-state index contributed by atoms with van der Waals surface area (Å²) in [6, 6.07) is 1.94. The van der Waals surface area contributed by atoms with Crippen LogP contribution in [0.1, 0.15) is 30.0 Å². The number of fused-ring (bicyclic) bond motifs is 1. The van der Waals surface area contributed by atoms with Crippen LogP contribution in [0.25, 0.3) is 5.65 Å². The fourth-order valence-corrected chi connectivity index (χ4v) is 1.76. The van der Waals surface area contributed by atoms with Crippen LogP contribution in [0.5, 0.6) is 0 Å². The Morgan fingerprint density at radius 3 is 3.07 bits per heavy atom. The lowest BCUT2D eigenvalue weighted by Crippen LogP contribution is -2.21. The van der Waals surface area contributed by atoms with Gasteiger partial charge in [-0.05, 0) is 12.8 Å². The van der Waals surface area contributed by atoms with Crippen LogP contribution in [0.4, 0.5) is 0 Å². The van der Waals surface area contributed by atoms with E-state index in [1.54, 1.807) is 6.20 Å². The summed E-state index contributed by atoms with van der Waals surface area (Å²) >= 11 is 0. The third kappa shape index (κ3) is 1.27. The number of aromatic amines is 1. The fraction of sp³-hybridized carbons (Fsp3) is 0.400. The van der Waals surface area contributed by atoms with Gasteiger partial charge in [-0.25, -0.2) is 9.50 Å². The average molecular weight is 204 g/mol. The van der Waals surface area contributed by atoms with Crippen molar-refractivity contribution in [2.45, 2.75) is 25.3 Å². The molecular formula is C10H12N4O. The van der Waals surface area contributed by atoms with Gasteiger partial charge in [-0.3, -0.25) is 9.89 Å². The molecule has 0 atom stereocenters. The van der Waals surface area contributed by atoms with Crippen molar-refractivity contribution in [3.8, 4) is 0 Å². The number of hydrogen-bond donors (Lipinski definition) is 2. The first kappa shape index (κ1) is 8.67. The van der Waals surface area contributed by atoms with Gasteiger partial charge in [-0.15, -0.1) is 0 Å². The third-order valence-electron chi connectivity index (χ3n) is 2.82. The van der Waals surface area contributed by atoms with E-state index in [1.807, 2.05) is 6.07 Å². The van der Waals surface area contributed by atoms with Crippen LogP contribution < -0.4 is 11.3 Å². The number of nitrogens with one attached hydrogen (secondary N) is 1. The van der Waals surface area contributed by atoms with Gasteiger partial charge < -0.3 is 5.73 Å². The molecule has 3 rings (SSSR count). The molecule has 0 aromatic carbocycles. The predicted octanol–water partition coefficient (Wildman–Crippen LogP) is 0.359. The minimum absolute atomic E-state index is 0.0885. The standard InChI is InChI=1S/C10H12N4O/c11-4-7-5-12-9-3-8(6-1-2-6)13-14(9)10(7)15/h3,5-6,13H,1-2,4,11H2. The van der Waals surface area contributed by atoms with Crippen molar-refractivity contribution in [1.82, 2.24) is 14.6 Å². The van der Waals surface area contributed by atoms with Crippen molar-refractivity contribution in [2.75, 3.05) is 0 Å².